The van der Waals surface area contributed by atoms with Gasteiger partial charge in [0.15, 0.2) is 0 Å². The van der Waals surface area contributed by atoms with Gasteiger partial charge < -0.3 is 4.74 Å². The van der Waals surface area contributed by atoms with Crippen LogP contribution in [0.4, 0.5) is 4.39 Å². The van der Waals surface area contributed by atoms with Crippen molar-refractivity contribution < 1.29 is 9.13 Å². The summed E-state index contributed by atoms with van der Waals surface area (Å²) in [6, 6.07) is 5.92. The SMILES string of the molecule is CCn1nc(C)cc1C(NN)c1cc(F)ccc1OC. The second-order valence-corrected chi connectivity index (χ2v) is 4.51. The Morgan fingerprint density at radius 3 is 2.80 bits per heavy atom. The van der Waals surface area contributed by atoms with Gasteiger partial charge in [0.2, 0.25) is 0 Å². The normalized spacial score (nSPS) is 12.4. The lowest BCUT2D eigenvalue weighted by molar-refractivity contribution is 0.400. The molecule has 0 aliphatic rings. The summed E-state index contributed by atoms with van der Waals surface area (Å²) in [5, 5.41) is 4.39. The molecule has 20 heavy (non-hydrogen) atoms. The fourth-order valence-electron chi connectivity index (χ4n) is 2.32. The lowest BCUT2D eigenvalue weighted by Gasteiger charge is -2.20. The van der Waals surface area contributed by atoms with Crippen LogP contribution in [0.5, 0.6) is 5.75 Å². The van der Waals surface area contributed by atoms with Crippen molar-refractivity contribution in [3.63, 3.8) is 0 Å². The minimum Gasteiger partial charge on any atom is -0.496 e. The topological polar surface area (TPSA) is 65.1 Å². The predicted octanol–water partition coefficient (Wildman–Crippen LogP) is 1.91. The Balaban J connectivity index is 2.54. The number of nitrogens with zero attached hydrogens (tertiary/aromatic N) is 2. The molecule has 1 atom stereocenters. The Hall–Kier alpha value is -1.92. The number of hydrazine groups is 1. The highest BCUT2D eigenvalue weighted by molar-refractivity contribution is 5.40. The Morgan fingerprint density at radius 2 is 2.20 bits per heavy atom. The van der Waals surface area contributed by atoms with Crippen molar-refractivity contribution in [3.8, 4) is 5.75 Å². The lowest BCUT2D eigenvalue weighted by atomic mass is 10.0. The van der Waals surface area contributed by atoms with Gasteiger partial charge in [-0.3, -0.25) is 10.5 Å². The summed E-state index contributed by atoms with van der Waals surface area (Å²) in [5.74, 6) is 5.92. The first-order chi connectivity index (χ1) is 9.60. The van der Waals surface area contributed by atoms with Gasteiger partial charge in [-0.05, 0) is 38.1 Å². The molecule has 0 amide bonds. The van der Waals surface area contributed by atoms with E-state index in [2.05, 4.69) is 10.5 Å². The number of aromatic nitrogens is 2. The molecule has 1 aromatic carbocycles. The van der Waals surface area contributed by atoms with Crippen LogP contribution in [0, 0.1) is 12.7 Å². The quantitative estimate of drug-likeness (QED) is 0.648. The molecule has 6 heteroatoms. The number of hydrogen-bond donors (Lipinski definition) is 2. The minimum atomic E-state index is -0.387. The van der Waals surface area contributed by atoms with E-state index in [4.69, 9.17) is 10.6 Å². The van der Waals surface area contributed by atoms with E-state index in [1.807, 2.05) is 24.6 Å². The number of halogens is 1. The highest BCUT2D eigenvalue weighted by atomic mass is 19.1. The number of methoxy groups -OCH3 is 1. The van der Waals surface area contributed by atoms with Crippen LogP contribution in [-0.4, -0.2) is 16.9 Å². The summed E-state index contributed by atoms with van der Waals surface area (Å²) in [4.78, 5) is 0. The average molecular weight is 278 g/mol. The van der Waals surface area contributed by atoms with Crippen molar-refractivity contribution in [1.82, 2.24) is 15.2 Å². The summed E-state index contributed by atoms with van der Waals surface area (Å²) in [6.07, 6.45) is 0. The second kappa shape index (κ2) is 6.02. The number of benzene rings is 1. The molecule has 0 bridgehead atoms. The number of rotatable bonds is 5. The van der Waals surface area contributed by atoms with Crippen molar-refractivity contribution in [2.45, 2.75) is 26.4 Å². The first-order valence-electron chi connectivity index (χ1n) is 6.44. The number of ether oxygens (including phenoxy) is 1. The summed E-state index contributed by atoms with van der Waals surface area (Å²) >= 11 is 0. The van der Waals surface area contributed by atoms with E-state index < -0.39 is 0 Å². The summed E-state index contributed by atoms with van der Waals surface area (Å²) in [5.41, 5.74) is 5.12. The molecule has 1 aromatic heterocycles. The highest BCUT2D eigenvalue weighted by Crippen LogP contribution is 2.30. The fourth-order valence-corrected chi connectivity index (χ4v) is 2.32. The number of nitrogens with one attached hydrogen (secondary N) is 1. The summed E-state index contributed by atoms with van der Waals surface area (Å²) in [6.45, 7) is 4.61. The molecule has 0 aliphatic carbocycles. The van der Waals surface area contributed by atoms with E-state index in [0.717, 1.165) is 11.4 Å². The number of aryl methyl sites for hydroxylation is 2. The van der Waals surface area contributed by atoms with Crippen LogP contribution in [0.2, 0.25) is 0 Å². The van der Waals surface area contributed by atoms with E-state index in [9.17, 15) is 4.39 Å². The first kappa shape index (κ1) is 14.5. The maximum absolute atomic E-state index is 13.5. The van der Waals surface area contributed by atoms with E-state index >= 15 is 0 Å². The standard InChI is InChI=1S/C14H19FN4O/c1-4-19-12(7-9(2)18-19)14(17-16)11-8-10(15)5-6-13(11)20-3/h5-8,14,17H,4,16H2,1-3H3. The highest BCUT2D eigenvalue weighted by Gasteiger charge is 2.21. The molecule has 108 valence electrons. The Morgan fingerprint density at radius 1 is 1.45 bits per heavy atom. The zero-order valence-electron chi connectivity index (χ0n) is 11.9. The van der Waals surface area contributed by atoms with Crippen LogP contribution in [0.3, 0.4) is 0 Å². The maximum atomic E-state index is 13.5. The van der Waals surface area contributed by atoms with Crippen molar-refractivity contribution in [2.24, 2.45) is 5.84 Å². The molecule has 2 aromatic rings. The van der Waals surface area contributed by atoms with Gasteiger partial charge in [-0.1, -0.05) is 0 Å². The molecule has 1 heterocycles. The molecule has 0 saturated heterocycles. The van der Waals surface area contributed by atoms with Crippen LogP contribution in [0.25, 0.3) is 0 Å². The van der Waals surface area contributed by atoms with Crippen LogP contribution >= 0.6 is 0 Å². The molecule has 0 aliphatic heterocycles. The van der Waals surface area contributed by atoms with E-state index in [1.54, 1.807) is 13.2 Å². The third kappa shape index (κ3) is 2.66. The Labute approximate surface area is 117 Å². The minimum absolute atomic E-state index is 0.333. The zero-order chi connectivity index (χ0) is 14.7. The number of nitrogens with two attached hydrogens (primary N) is 1. The van der Waals surface area contributed by atoms with Crippen LogP contribution in [-0.2, 0) is 6.54 Å². The van der Waals surface area contributed by atoms with Gasteiger partial charge in [-0.25, -0.2) is 9.82 Å². The molecule has 5 nitrogen and oxygen atoms in total. The molecule has 1 unspecified atom stereocenters. The Bertz CT molecular complexity index is 597. The Kier molecular flexibility index (Phi) is 4.36. The molecular formula is C14H19FN4O. The largest absolute Gasteiger partial charge is 0.496 e. The van der Waals surface area contributed by atoms with Crippen LogP contribution < -0.4 is 16.0 Å². The lowest BCUT2D eigenvalue weighted by Crippen LogP contribution is -2.31. The molecule has 0 fully saturated rings. The van der Waals surface area contributed by atoms with Gasteiger partial charge in [-0.2, -0.15) is 5.10 Å². The molecule has 0 spiro atoms. The summed E-state index contributed by atoms with van der Waals surface area (Å²) in [7, 11) is 1.55. The van der Waals surface area contributed by atoms with Gasteiger partial charge in [0, 0.05) is 12.1 Å². The molecule has 3 N–H and O–H groups in total. The summed E-state index contributed by atoms with van der Waals surface area (Å²) < 4.78 is 20.7. The second-order valence-electron chi connectivity index (χ2n) is 4.51. The smallest absolute Gasteiger partial charge is 0.124 e. The zero-order valence-corrected chi connectivity index (χ0v) is 11.9. The first-order valence-corrected chi connectivity index (χ1v) is 6.44. The van der Waals surface area contributed by atoms with Gasteiger partial charge >= 0.3 is 0 Å². The average Bonchev–Trinajstić information content (AvgIpc) is 2.81. The van der Waals surface area contributed by atoms with Crippen molar-refractivity contribution in [2.75, 3.05) is 7.11 Å². The molecule has 0 saturated carbocycles. The third-order valence-corrected chi connectivity index (χ3v) is 3.20. The van der Waals surface area contributed by atoms with Gasteiger partial charge in [0.25, 0.3) is 0 Å². The van der Waals surface area contributed by atoms with Crippen LogP contribution in [0.1, 0.15) is 29.9 Å². The molecule has 2 rings (SSSR count). The van der Waals surface area contributed by atoms with Gasteiger partial charge in [-0.15, -0.1) is 0 Å². The van der Waals surface area contributed by atoms with Crippen molar-refractivity contribution in [1.29, 1.82) is 0 Å². The predicted molar refractivity (Wildman–Crippen MR) is 74.8 cm³/mol. The van der Waals surface area contributed by atoms with E-state index in [1.165, 1.54) is 12.1 Å². The monoisotopic (exact) mass is 278 g/mol. The van der Waals surface area contributed by atoms with E-state index in [0.29, 0.717) is 17.9 Å². The molecular weight excluding hydrogens is 259 g/mol. The van der Waals surface area contributed by atoms with Crippen molar-refractivity contribution >= 4 is 0 Å². The van der Waals surface area contributed by atoms with Crippen molar-refractivity contribution in [3.05, 3.63) is 47.0 Å². The third-order valence-electron chi connectivity index (χ3n) is 3.20. The molecule has 0 radical (unpaired) electrons. The maximum Gasteiger partial charge on any atom is 0.124 e. The van der Waals surface area contributed by atoms with Gasteiger partial charge in [0.05, 0.1) is 24.5 Å². The van der Waals surface area contributed by atoms with Crippen LogP contribution in [0.15, 0.2) is 24.3 Å². The van der Waals surface area contributed by atoms with E-state index in [-0.39, 0.29) is 11.9 Å². The van der Waals surface area contributed by atoms with Gasteiger partial charge in [0.1, 0.15) is 11.6 Å². The number of hydrogen-bond acceptors (Lipinski definition) is 4. The fraction of sp³-hybridized carbons (Fsp3) is 0.357.